The number of hydrogen-bond donors (Lipinski definition) is 1. The second-order valence-electron chi connectivity index (χ2n) is 9.22. The topological polar surface area (TPSA) is 69.4 Å². The molecular formula is C25H26ClNO3. The number of nitrogen functional groups attached to an aromatic ring is 1. The largest absolute Gasteiger partial charge is 0.450 e. The van der Waals surface area contributed by atoms with Gasteiger partial charge in [0.05, 0.1) is 0 Å². The van der Waals surface area contributed by atoms with Crippen molar-refractivity contribution in [3.63, 3.8) is 0 Å². The lowest BCUT2D eigenvalue weighted by Crippen LogP contribution is -2.43. The van der Waals surface area contributed by atoms with Crippen LogP contribution in [0.2, 0.25) is 5.02 Å². The molecule has 1 heterocycles. The smallest absolute Gasteiger partial charge is 0.322 e. The molecule has 0 radical (unpaired) electrons. The highest BCUT2D eigenvalue weighted by atomic mass is 35.5. The number of nitrogens with two attached hydrogens (primary N) is 1. The standard InChI is InChI=1S/C25H26ClNO3/c1-14-10-20(16-5-3-7-18(27)11-16)21(26)12-19(14)22-23(28)25(30-24(22)29)9-8-15-4-2-6-17(15)13-25/h3,5,7,10-12,15,17,22H,2,4,6,8-9,13,27H2,1H3/t15-,17+,22?,25+/m0/s1. The summed E-state index contributed by atoms with van der Waals surface area (Å²) in [6.45, 7) is 1.92. The quantitative estimate of drug-likeness (QED) is 0.396. The first-order valence-corrected chi connectivity index (χ1v) is 11.2. The number of ketones is 1. The lowest BCUT2D eigenvalue weighted by molar-refractivity contribution is -0.157. The molecule has 3 fully saturated rings. The van der Waals surface area contributed by atoms with Gasteiger partial charge in [-0.15, -0.1) is 0 Å². The molecule has 2 saturated carbocycles. The van der Waals surface area contributed by atoms with Crippen molar-refractivity contribution in [2.24, 2.45) is 11.8 Å². The minimum Gasteiger partial charge on any atom is -0.450 e. The van der Waals surface area contributed by atoms with Gasteiger partial charge in [0.15, 0.2) is 11.4 Å². The average molecular weight is 424 g/mol. The van der Waals surface area contributed by atoms with E-state index in [0.717, 1.165) is 29.5 Å². The number of halogens is 1. The third-order valence-corrected chi connectivity index (χ3v) is 7.75. The summed E-state index contributed by atoms with van der Waals surface area (Å²) in [6.07, 6.45) is 5.92. The number of hydrogen-bond acceptors (Lipinski definition) is 4. The van der Waals surface area contributed by atoms with Gasteiger partial charge in [0, 0.05) is 16.3 Å². The van der Waals surface area contributed by atoms with Gasteiger partial charge < -0.3 is 10.5 Å². The molecule has 5 rings (SSSR count). The molecule has 4 nitrogen and oxygen atoms in total. The van der Waals surface area contributed by atoms with Crippen LogP contribution >= 0.6 is 11.6 Å². The van der Waals surface area contributed by atoms with E-state index in [1.807, 2.05) is 37.3 Å². The zero-order chi connectivity index (χ0) is 21.0. The molecule has 1 saturated heterocycles. The van der Waals surface area contributed by atoms with Gasteiger partial charge in [0.1, 0.15) is 5.92 Å². The third kappa shape index (κ3) is 3.04. The Morgan fingerprint density at radius 3 is 2.70 bits per heavy atom. The minimum atomic E-state index is -0.932. The lowest BCUT2D eigenvalue weighted by atomic mass is 9.70. The summed E-state index contributed by atoms with van der Waals surface area (Å²) >= 11 is 6.61. The molecule has 1 spiro atoms. The molecule has 2 aromatic carbocycles. The summed E-state index contributed by atoms with van der Waals surface area (Å²) in [5, 5.41) is 0.502. The van der Waals surface area contributed by atoms with Crippen LogP contribution in [-0.4, -0.2) is 17.4 Å². The van der Waals surface area contributed by atoms with Crippen LogP contribution in [0, 0.1) is 18.8 Å². The van der Waals surface area contributed by atoms with E-state index < -0.39 is 17.5 Å². The Labute approximate surface area is 181 Å². The van der Waals surface area contributed by atoms with E-state index in [2.05, 4.69) is 0 Å². The van der Waals surface area contributed by atoms with Crippen LogP contribution in [0.4, 0.5) is 5.69 Å². The molecule has 156 valence electrons. The molecule has 5 heteroatoms. The molecular weight excluding hydrogens is 398 g/mol. The third-order valence-electron chi connectivity index (χ3n) is 7.43. The van der Waals surface area contributed by atoms with Crippen LogP contribution in [0.3, 0.4) is 0 Å². The molecule has 0 amide bonds. The highest BCUT2D eigenvalue weighted by Crippen LogP contribution is 2.52. The van der Waals surface area contributed by atoms with Gasteiger partial charge in [0.2, 0.25) is 0 Å². The molecule has 0 aromatic heterocycles. The van der Waals surface area contributed by atoms with Crippen molar-refractivity contribution in [3.8, 4) is 11.1 Å². The summed E-state index contributed by atoms with van der Waals surface area (Å²) < 4.78 is 5.85. The van der Waals surface area contributed by atoms with E-state index in [4.69, 9.17) is 22.1 Å². The van der Waals surface area contributed by atoms with Crippen molar-refractivity contribution < 1.29 is 14.3 Å². The van der Waals surface area contributed by atoms with E-state index in [9.17, 15) is 9.59 Å². The zero-order valence-corrected chi connectivity index (χ0v) is 17.9. The summed E-state index contributed by atoms with van der Waals surface area (Å²) in [5.74, 6) is -0.184. The van der Waals surface area contributed by atoms with Crippen LogP contribution in [0.1, 0.15) is 55.6 Å². The molecule has 2 aliphatic carbocycles. The van der Waals surface area contributed by atoms with E-state index in [0.29, 0.717) is 41.0 Å². The predicted molar refractivity (Wildman–Crippen MR) is 117 cm³/mol. The number of anilines is 1. The summed E-state index contributed by atoms with van der Waals surface area (Å²) in [5.41, 5.74) is 8.91. The lowest BCUT2D eigenvalue weighted by Gasteiger charge is -2.37. The first-order chi connectivity index (χ1) is 14.4. The predicted octanol–water partition coefficient (Wildman–Crippen LogP) is 5.45. The fourth-order valence-electron chi connectivity index (χ4n) is 5.90. The Bertz CT molecular complexity index is 1050. The minimum absolute atomic E-state index is 0.0753. The summed E-state index contributed by atoms with van der Waals surface area (Å²) in [4.78, 5) is 26.5. The van der Waals surface area contributed by atoms with Crippen LogP contribution < -0.4 is 5.73 Å². The fraction of sp³-hybridized carbons (Fsp3) is 0.440. The zero-order valence-electron chi connectivity index (χ0n) is 17.1. The average Bonchev–Trinajstić information content (AvgIpc) is 3.26. The molecule has 4 atom stereocenters. The molecule has 1 aliphatic heterocycles. The highest BCUT2D eigenvalue weighted by molar-refractivity contribution is 6.33. The van der Waals surface area contributed by atoms with E-state index in [1.165, 1.54) is 12.8 Å². The van der Waals surface area contributed by atoms with Gasteiger partial charge in [-0.2, -0.15) is 0 Å². The Balaban J connectivity index is 1.49. The van der Waals surface area contributed by atoms with E-state index in [1.54, 1.807) is 6.07 Å². The van der Waals surface area contributed by atoms with E-state index >= 15 is 0 Å². The Morgan fingerprint density at radius 1 is 1.10 bits per heavy atom. The number of fused-ring (bicyclic) bond motifs is 1. The maximum Gasteiger partial charge on any atom is 0.322 e. The van der Waals surface area contributed by atoms with Crippen LogP contribution in [0.25, 0.3) is 11.1 Å². The maximum atomic E-state index is 13.5. The summed E-state index contributed by atoms with van der Waals surface area (Å²) in [7, 11) is 0. The number of aryl methyl sites for hydroxylation is 1. The molecule has 0 bridgehead atoms. The SMILES string of the molecule is Cc1cc(-c2cccc(N)c2)c(Cl)cc1C1C(=O)O[C@@]2(CC[C@@H]3CCC[C@@H]3C2)C1=O. The van der Waals surface area contributed by atoms with Crippen LogP contribution in [0.5, 0.6) is 0 Å². The first-order valence-electron chi connectivity index (χ1n) is 10.8. The highest BCUT2D eigenvalue weighted by Gasteiger charge is 2.59. The van der Waals surface area contributed by atoms with Gasteiger partial charge in [-0.25, -0.2) is 0 Å². The van der Waals surface area contributed by atoms with Crippen molar-refractivity contribution in [1.82, 2.24) is 0 Å². The van der Waals surface area contributed by atoms with Crippen LogP contribution in [-0.2, 0) is 14.3 Å². The van der Waals surface area contributed by atoms with Gasteiger partial charge in [0.25, 0.3) is 0 Å². The number of Topliss-reactive ketones (excluding diaryl/α,β-unsaturated/α-hetero) is 1. The van der Waals surface area contributed by atoms with Crippen molar-refractivity contribution >= 4 is 29.0 Å². The number of esters is 1. The van der Waals surface area contributed by atoms with Crippen LogP contribution in [0.15, 0.2) is 36.4 Å². The van der Waals surface area contributed by atoms with Crippen molar-refractivity contribution in [3.05, 3.63) is 52.5 Å². The van der Waals surface area contributed by atoms with Gasteiger partial charge in [-0.05, 0) is 79.0 Å². The number of ether oxygens (including phenoxy) is 1. The molecule has 2 aromatic rings. The maximum absolute atomic E-state index is 13.5. The molecule has 1 unspecified atom stereocenters. The van der Waals surface area contributed by atoms with Crippen molar-refractivity contribution in [2.75, 3.05) is 5.73 Å². The molecule has 2 N–H and O–H groups in total. The van der Waals surface area contributed by atoms with Crippen molar-refractivity contribution in [2.45, 2.75) is 57.0 Å². The second kappa shape index (κ2) is 7.12. The molecule has 30 heavy (non-hydrogen) atoms. The fourth-order valence-corrected chi connectivity index (χ4v) is 6.18. The second-order valence-corrected chi connectivity index (χ2v) is 9.63. The van der Waals surface area contributed by atoms with Gasteiger partial charge in [-0.3, -0.25) is 9.59 Å². The van der Waals surface area contributed by atoms with E-state index in [-0.39, 0.29) is 5.78 Å². The number of benzene rings is 2. The first kappa shape index (κ1) is 19.6. The number of carbonyl (C=O) groups excluding carboxylic acids is 2. The Kier molecular flexibility index (Phi) is 4.66. The monoisotopic (exact) mass is 423 g/mol. The Morgan fingerprint density at radius 2 is 1.90 bits per heavy atom. The Hall–Kier alpha value is -2.33. The molecule has 3 aliphatic rings. The van der Waals surface area contributed by atoms with Gasteiger partial charge in [-0.1, -0.05) is 43.0 Å². The normalized spacial score (nSPS) is 30.5. The number of rotatable bonds is 2. The number of carbonyl (C=O) groups is 2. The van der Waals surface area contributed by atoms with Crippen molar-refractivity contribution in [1.29, 1.82) is 0 Å². The summed E-state index contributed by atoms with van der Waals surface area (Å²) in [6, 6.07) is 11.2. The van der Waals surface area contributed by atoms with Gasteiger partial charge >= 0.3 is 5.97 Å².